The van der Waals surface area contributed by atoms with E-state index < -0.39 is 0 Å². The van der Waals surface area contributed by atoms with Gasteiger partial charge in [-0.15, -0.1) is 0 Å². The number of nitrogens with zero attached hydrogens (tertiary/aromatic N) is 4. The first-order valence-corrected chi connectivity index (χ1v) is 16.8. The Kier molecular flexibility index (Phi) is 13.1. The number of amides is 1. The SMILES string of the molecule is CCCCBr.CCO/N=C(/c1ccc(Br)cc1)C1CCN(C2(C)CCN(C(=O)c3c(C)cc[n+]([O-])c3C)CC2)CC1. The van der Waals surface area contributed by atoms with Gasteiger partial charge in [-0.2, -0.15) is 4.73 Å². The van der Waals surface area contributed by atoms with Crippen molar-refractivity contribution in [3.05, 3.63) is 68.6 Å². The smallest absolute Gasteiger partial charge is 0.260 e. The number of halogens is 2. The van der Waals surface area contributed by atoms with Crippen molar-refractivity contribution in [2.75, 3.05) is 38.1 Å². The molecule has 1 aromatic heterocycles. The Balaban J connectivity index is 0.000000850. The van der Waals surface area contributed by atoms with Crippen LogP contribution in [0.1, 0.15) is 86.5 Å². The highest BCUT2D eigenvalue weighted by Crippen LogP contribution is 2.34. The molecule has 1 amide bonds. The van der Waals surface area contributed by atoms with Gasteiger partial charge in [-0.1, -0.05) is 62.5 Å². The van der Waals surface area contributed by atoms with Crippen molar-refractivity contribution in [3.63, 3.8) is 0 Å². The third-order valence-electron chi connectivity index (χ3n) is 8.45. The predicted octanol–water partition coefficient (Wildman–Crippen LogP) is 7.03. The first-order valence-electron chi connectivity index (χ1n) is 14.9. The molecule has 4 rings (SSSR count). The van der Waals surface area contributed by atoms with E-state index in [1.54, 1.807) is 13.0 Å². The molecular weight excluding hydrogens is 648 g/mol. The number of hydrogen-bond acceptors (Lipinski definition) is 5. The number of aromatic nitrogens is 1. The maximum absolute atomic E-state index is 13.3. The van der Waals surface area contributed by atoms with E-state index in [1.165, 1.54) is 19.0 Å². The molecule has 0 bridgehead atoms. The zero-order chi connectivity index (χ0) is 30.0. The molecule has 0 spiro atoms. The molecule has 2 aromatic rings. The molecule has 9 heteroatoms. The van der Waals surface area contributed by atoms with Crippen molar-refractivity contribution in [2.24, 2.45) is 11.1 Å². The van der Waals surface area contributed by atoms with Crippen molar-refractivity contribution in [1.29, 1.82) is 0 Å². The molecule has 0 saturated carbocycles. The number of likely N-dealkylation sites (tertiary alicyclic amines) is 2. The Bertz CT molecular complexity index is 1150. The fourth-order valence-corrected chi connectivity index (χ4v) is 6.53. The van der Waals surface area contributed by atoms with Gasteiger partial charge in [-0.3, -0.25) is 9.69 Å². The Morgan fingerprint density at radius 1 is 1.10 bits per heavy atom. The summed E-state index contributed by atoms with van der Waals surface area (Å²) in [6.07, 6.45) is 8.00. The van der Waals surface area contributed by atoms with Crippen LogP contribution in [-0.4, -0.2) is 65.1 Å². The molecule has 2 fully saturated rings. The number of aryl methyl sites for hydroxylation is 1. The Morgan fingerprint density at radius 2 is 1.73 bits per heavy atom. The van der Waals surface area contributed by atoms with Crippen LogP contribution in [0.5, 0.6) is 0 Å². The van der Waals surface area contributed by atoms with Crippen molar-refractivity contribution in [3.8, 4) is 0 Å². The van der Waals surface area contributed by atoms with Gasteiger partial charge in [0.25, 0.3) is 5.91 Å². The zero-order valence-electron chi connectivity index (χ0n) is 25.3. The molecule has 226 valence electrons. The molecule has 2 saturated heterocycles. The van der Waals surface area contributed by atoms with Crippen molar-refractivity contribution >= 4 is 43.5 Å². The second-order valence-electron chi connectivity index (χ2n) is 11.3. The highest BCUT2D eigenvalue weighted by molar-refractivity contribution is 9.10. The lowest BCUT2D eigenvalue weighted by Crippen LogP contribution is -2.57. The van der Waals surface area contributed by atoms with Gasteiger partial charge in [0.1, 0.15) is 12.2 Å². The van der Waals surface area contributed by atoms with Crippen LogP contribution in [0, 0.1) is 25.0 Å². The number of pyridine rings is 1. The van der Waals surface area contributed by atoms with Crippen LogP contribution in [0.3, 0.4) is 0 Å². The summed E-state index contributed by atoms with van der Waals surface area (Å²) < 4.78 is 1.84. The third-order valence-corrected chi connectivity index (χ3v) is 9.54. The summed E-state index contributed by atoms with van der Waals surface area (Å²) in [7, 11) is 0. The number of hydrogen-bond donors (Lipinski definition) is 0. The third kappa shape index (κ3) is 8.77. The van der Waals surface area contributed by atoms with Gasteiger partial charge in [0.05, 0.1) is 5.71 Å². The highest BCUT2D eigenvalue weighted by atomic mass is 79.9. The second kappa shape index (κ2) is 16.0. The van der Waals surface area contributed by atoms with Gasteiger partial charge in [-0.05, 0) is 89.2 Å². The molecule has 0 atom stereocenters. The minimum Gasteiger partial charge on any atom is -0.618 e. The number of carbonyl (C=O) groups excluding carboxylic acids is 1. The normalized spacial score (nSPS) is 18.0. The molecule has 2 aliphatic heterocycles. The van der Waals surface area contributed by atoms with E-state index in [4.69, 9.17) is 4.84 Å². The summed E-state index contributed by atoms with van der Waals surface area (Å²) in [4.78, 5) is 23.3. The van der Waals surface area contributed by atoms with E-state index >= 15 is 0 Å². The van der Waals surface area contributed by atoms with E-state index in [2.05, 4.69) is 80.0 Å². The van der Waals surface area contributed by atoms with E-state index in [1.807, 2.05) is 18.7 Å². The Labute approximate surface area is 263 Å². The average Bonchev–Trinajstić information content (AvgIpc) is 2.97. The number of unbranched alkanes of at least 4 members (excludes halogenated alkanes) is 1. The van der Waals surface area contributed by atoms with Gasteiger partial charge >= 0.3 is 0 Å². The van der Waals surface area contributed by atoms with Crippen LogP contribution in [0.25, 0.3) is 0 Å². The van der Waals surface area contributed by atoms with Crippen molar-refractivity contribution < 1.29 is 14.4 Å². The van der Waals surface area contributed by atoms with Crippen LogP contribution in [0.15, 0.2) is 46.2 Å². The van der Waals surface area contributed by atoms with Crippen LogP contribution in [0.4, 0.5) is 0 Å². The molecule has 1 aromatic carbocycles. The molecule has 41 heavy (non-hydrogen) atoms. The molecule has 3 heterocycles. The van der Waals surface area contributed by atoms with Crippen LogP contribution in [-0.2, 0) is 4.84 Å². The number of benzene rings is 1. The lowest BCUT2D eigenvalue weighted by Gasteiger charge is -2.49. The minimum atomic E-state index is -0.0257. The molecule has 0 aliphatic carbocycles. The molecule has 0 N–H and O–H groups in total. The first kappa shape index (κ1) is 33.5. The highest BCUT2D eigenvalue weighted by Gasteiger charge is 2.40. The summed E-state index contributed by atoms with van der Waals surface area (Å²) in [6.45, 7) is 14.1. The zero-order valence-corrected chi connectivity index (χ0v) is 28.5. The lowest BCUT2D eigenvalue weighted by molar-refractivity contribution is -0.612. The topological polar surface area (TPSA) is 72.1 Å². The fraction of sp³-hybridized carbons (Fsp3) is 0.594. The van der Waals surface area contributed by atoms with E-state index in [0.29, 0.717) is 36.9 Å². The number of piperidine rings is 2. The van der Waals surface area contributed by atoms with Gasteiger partial charge in [0.2, 0.25) is 5.69 Å². The quantitative estimate of drug-likeness (QED) is 0.0979. The van der Waals surface area contributed by atoms with Gasteiger partial charge < -0.3 is 14.9 Å². The van der Waals surface area contributed by atoms with Gasteiger partial charge in [-0.25, -0.2) is 0 Å². The minimum absolute atomic E-state index is 0.0257. The molecule has 0 radical (unpaired) electrons. The van der Waals surface area contributed by atoms with Crippen LogP contribution < -0.4 is 4.73 Å². The Hall–Kier alpha value is -1.97. The lowest BCUT2D eigenvalue weighted by atomic mass is 9.82. The summed E-state index contributed by atoms with van der Waals surface area (Å²) in [6, 6.07) is 10.0. The standard InChI is InChI=1S/C28H37BrN4O3.C4H9Br/c1-5-36-30-26(22-6-8-24(29)9-7-22)23-11-15-32(16-12-23)28(4)13-18-31(19-14-28)27(34)25-20(2)10-17-33(35)21(25)3;1-2-3-4-5/h6-10,17,23H,5,11-16,18-19H2,1-4H3;2-4H2,1H3/b30-26-;. The van der Waals surface area contributed by atoms with Crippen molar-refractivity contribution in [2.45, 2.75) is 78.7 Å². The Morgan fingerprint density at radius 3 is 2.27 bits per heavy atom. The average molecular weight is 695 g/mol. The summed E-state index contributed by atoms with van der Waals surface area (Å²) >= 11 is 6.83. The monoisotopic (exact) mass is 692 g/mol. The molecule has 7 nitrogen and oxygen atoms in total. The summed E-state index contributed by atoms with van der Waals surface area (Å²) in [5.41, 5.74) is 4.11. The first-order chi connectivity index (χ1) is 19.6. The number of rotatable bonds is 8. The fourth-order valence-electron chi connectivity index (χ4n) is 5.70. The maximum Gasteiger partial charge on any atom is 0.260 e. The molecular formula is C32H46Br2N4O3. The van der Waals surface area contributed by atoms with Gasteiger partial charge in [0, 0.05) is 47.3 Å². The van der Waals surface area contributed by atoms with Crippen molar-refractivity contribution in [1.82, 2.24) is 9.80 Å². The largest absolute Gasteiger partial charge is 0.618 e. The number of alkyl halides is 1. The summed E-state index contributed by atoms with van der Waals surface area (Å²) in [5, 5.41) is 17.7. The van der Waals surface area contributed by atoms with Gasteiger partial charge in [0.15, 0.2) is 6.20 Å². The van der Waals surface area contributed by atoms with Crippen LogP contribution in [0.2, 0.25) is 0 Å². The summed E-state index contributed by atoms with van der Waals surface area (Å²) in [5.74, 6) is 0.337. The molecule has 0 unspecified atom stereocenters. The van der Waals surface area contributed by atoms with E-state index in [0.717, 1.165) is 70.1 Å². The number of oxime groups is 1. The number of carbonyl (C=O) groups is 1. The van der Waals surface area contributed by atoms with Crippen LogP contribution >= 0.6 is 31.9 Å². The maximum atomic E-state index is 13.3. The van der Waals surface area contributed by atoms with E-state index in [9.17, 15) is 10.0 Å². The second-order valence-corrected chi connectivity index (χ2v) is 13.0. The predicted molar refractivity (Wildman–Crippen MR) is 174 cm³/mol. The van der Waals surface area contributed by atoms with E-state index in [-0.39, 0.29) is 11.4 Å². The molecule has 2 aliphatic rings.